The topological polar surface area (TPSA) is 63.3 Å². The highest BCUT2D eigenvalue weighted by Crippen LogP contribution is 2.29. The monoisotopic (exact) mass is 324 g/mol. The van der Waals surface area contributed by atoms with Crippen LogP contribution in [0.3, 0.4) is 0 Å². The predicted octanol–water partition coefficient (Wildman–Crippen LogP) is 2.10. The van der Waals surface area contributed by atoms with Crippen molar-refractivity contribution in [3.8, 4) is 17.9 Å². The lowest BCUT2D eigenvalue weighted by Gasteiger charge is -2.46. The van der Waals surface area contributed by atoms with Crippen LogP contribution >= 0.6 is 0 Å². The Morgan fingerprint density at radius 2 is 1.79 bits per heavy atom. The first-order valence-corrected chi connectivity index (χ1v) is 8.67. The summed E-state index contributed by atoms with van der Waals surface area (Å²) in [6, 6.07) is 11.8. The van der Waals surface area contributed by atoms with E-state index in [4.69, 9.17) is 15.3 Å². The molecule has 3 rings (SSSR count). The zero-order valence-corrected chi connectivity index (χ0v) is 14.2. The van der Waals surface area contributed by atoms with E-state index in [1.165, 1.54) is 6.42 Å². The minimum absolute atomic E-state index is 0.0292. The molecule has 5 heteroatoms. The molecule has 2 aliphatic heterocycles. The molecule has 1 aromatic carbocycles. The third kappa shape index (κ3) is 4.06. The molecule has 0 amide bonds. The largest absolute Gasteiger partial charge is 0.492 e. The Bertz CT molecular complexity index is 616. The number of nitrogens with zero attached hydrogens (tertiary/aromatic N) is 4. The Morgan fingerprint density at radius 3 is 2.38 bits per heavy atom. The number of hydrogen-bond donors (Lipinski definition) is 0. The molecule has 3 atom stereocenters. The number of hydrogen-bond acceptors (Lipinski definition) is 5. The fourth-order valence-corrected chi connectivity index (χ4v) is 3.93. The van der Waals surface area contributed by atoms with Crippen LogP contribution in [0.5, 0.6) is 5.75 Å². The van der Waals surface area contributed by atoms with Crippen LogP contribution in [0.1, 0.15) is 18.9 Å². The number of nitriles is 2. The van der Waals surface area contributed by atoms with E-state index in [9.17, 15) is 0 Å². The minimum Gasteiger partial charge on any atom is -0.492 e. The van der Waals surface area contributed by atoms with E-state index in [-0.39, 0.29) is 6.04 Å². The van der Waals surface area contributed by atoms with Crippen LogP contribution in [-0.4, -0.2) is 55.2 Å². The Kier molecular flexibility index (Phi) is 5.35. The van der Waals surface area contributed by atoms with Crippen molar-refractivity contribution in [1.29, 1.82) is 10.5 Å². The molecule has 0 saturated carbocycles. The van der Waals surface area contributed by atoms with Crippen molar-refractivity contribution in [2.24, 2.45) is 11.8 Å². The molecule has 0 N–H and O–H groups in total. The van der Waals surface area contributed by atoms with Gasteiger partial charge >= 0.3 is 0 Å². The summed E-state index contributed by atoms with van der Waals surface area (Å²) in [7, 11) is 0. The molecular formula is C19H24N4O. The van der Waals surface area contributed by atoms with Gasteiger partial charge < -0.3 is 4.74 Å². The zero-order chi connectivity index (χ0) is 16.9. The van der Waals surface area contributed by atoms with E-state index in [1.807, 2.05) is 19.1 Å². The van der Waals surface area contributed by atoms with Crippen LogP contribution in [0.25, 0.3) is 0 Å². The number of benzene rings is 1. The molecule has 0 aromatic heterocycles. The summed E-state index contributed by atoms with van der Waals surface area (Å²) in [6.07, 6.45) is 1.29. The molecule has 2 bridgehead atoms. The Labute approximate surface area is 144 Å². The molecule has 2 heterocycles. The summed E-state index contributed by atoms with van der Waals surface area (Å²) in [5.41, 5.74) is 0.655. The first kappa shape index (κ1) is 16.8. The second-order valence-electron chi connectivity index (χ2n) is 6.97. The molecule has 1 aromatic rings. The second kappa shape index (κ2) is 7.66. The van der Waals surface area contributed by atoms with Crippen LogP contribution in [-0.2, 0) is 0 Å². The normalized spacial score (nSPS) is 25.5. The van der Waals surface area contributed by atoms with Crippen molar-refractivity contribution in [3.05, 3.63) is 29.8 Å². The lowest BCUT2D eigenvalue weighted by Crippen LogP contribution is -2.54. The molecule has 5 nitrogen and oxygen atoms in total. The van der Waals surface area contributed by atoms with E-state index < -0.39 is 0 Å². The molecule has 0 spiro atoms. The molecule has 126 valence electrons. The molecule has 2 aliphatic rings. The van der Waals surface area contributed by atoms with Gasteiger partial charge in [-0.25, -0.2) is 0 Å². The summed E-state index contributed by atoms with van der Waals surface area (Å²) in [5.74, 6) is 2.16. The quantitative estimate of drug-likeness (QED) is 0.830. The van der Waals surface area contributed by atoms with E-state index in [1.54, 1.807) is 12.1 Å². The fraction of sp³-hybridized carbons (Fsp3) is 0.579. The van der Waals surface area contributed by atoms with Crippen molar-refractivity contribution < 1.29 is 4.74 Å². The molecule has 3 unspecified atom stereocenters. The molecular weight excluding hydrogens is 300 g/mol. The zero-order valence-electron chi connectivity index (χ0n) is 14.2. The van der Waals surface area contributed by atoms with Crippen molar-refractivity contribution in [1.82, 2.24) is 9.80 Å². The molecule has 0 radical (unpaired) electrons. The van der Waals surface area contributed by atoms with Gasteiger partial charge in [-0.1, -0.05) is 0 Å². The highest BCUT2D eigenvalue weighted by atomic mass is 16.5. The number of fused-ring (bicyclic) bond motifs is 2. The molecule has 0 aliphatic carbocycles. The standard InChI is InChI=1S/C19H24N4O/c1-15(9-20)23-13-17-8-18(14-23)12-22(11-17)6-7-24-19-4-2-16(10-21)3-5-19/h2-5,15,17-18H,6-8,11-14H2,1H3. The van der Waals surface area contributed by atoms with Gasteiger partial charge in [-0.15, -0.1) is 0 Å². The van der Waals surface area contributed by atoms with Crippen molar-refractivity contribution in [3.63, 3.8) is 0 Å². The first-order valence-electron chi connectivity index (χ1n) is 8.67. The number of piperidine rings is 2. The van der Waals surface area contributed by atoms with E-state index in [0.29, 0.717) is 24.0 Å². The molecule has 2 saturated heterocycles. The summed E-state index contributed by atoms with van der Waals surface area (Å²) >= 11 is 0. The minimum atomic E-state index is 0.0292. The predicted molar refractivity (Wildman–Crippen MR) is 91.3 cm³/mol. The lowest BCUT2D eigenvalue weighted by atomic mass is 9.84. The molecule has 2 fully saturated rings. The van der Waals surface area contributed by atoms with Gasteiger partial charge in [0.05, 0.1) is 23.7 Å². The van der Waals surface area contributed by atoms with Crippen LogP contribution < -0.4 is 4.74 Å². The fourth-order valence-electron chi connectivity index (χ4n) is 3.93. The lowest BCUT2D eigenvalue weighted by molar-refractivity contribution is 0.0188. The number of ether oxygens (including phenoxy) is 1. The highest BCUT2D eigenvalue weighted by molar-refractivity contribution is 5.34. The van der Waals surface area contributed by atoms with Gasteiger partial charge in [-0.3, -0.25) is 9.80 Å². The average molecular weight is 324 g/mol. The van der Waals surface area contributed by atoms with Gasteiger partial charge in [0.1, 0.15) is 12.4 Å². The van der Waals surface area contributed by atoms with E-state index in [0.717, 1.165) is 38.5 Å². The maximum absolute atomic E-state index is 9.12. The SMILES string of the molecule is CC(C#N)N1CC2CC(CN(CCOc3ccc(C#N)cc3)C2)C1. The van der Waals surface area contributed by atoms with Crippen LogP contribution in [0.2, 0.25) is 0 Å². The number of likely N-dealkylation sites (tertiary alicyclic amines) is 2. The third-order valence-electron chi connectivity index (χ3n) is 5.08. The Hall–Kier alpha value is -2.08. The van der Waals surface area contributed by atoms with Gasteiger partial charge in [-0.05, 0) is 49.4 Å². The van der Waals surface area contributed by atoms with Crippen LogP contribution in [0.4, 0.5) is 0 Å². The van der Waals surface area contributed by atoms with E-state index in [2.05, 4.69) is 21.9 Å². The smallest absolute Gasteiger partial charge is 0.119 e. The molecule has 24 heavy (non-hydrogen) atoms. The van der Waals surface area contributed by atoms with E-state index >= 15 is 0 Å². The Morgan fingerprint density at radius 1 is 1.12 bits per heavy atom. The van der Waals surface area contributed by atoms with Crippen molar-refractivity contribution >= 4 is 0 Å². The second-order valence-corrected chi connectivity index (χ2v) is 6.97. The number of rotatable bonds is 5. The van der Waals surface area contributed by atoms with Gasteiger partial charge in [0.25, 0.3) is 0 Å². The first-order chi connectivity index (χ1) is 11.7. The summed E-state index contributed by atoms with van der Waals surface area (Å²) in [6.45, 7) is 7.88. The highest BCUT2D eigenvalue weighted by Gasteiger charge is 2.35. The summed E-state index contributed by atoms with van der Waals surface area (Å²) in [4.78, 5) is 4.83. The van der Waals surface area contributed by atoms with Gasteiger partial charge in [0.2, 0.25) is 0 Å². The average Bonchev–Trinajstić information content (AvgIpc) is 2.61. The summed E-state index contributed by atoms with van der Waals surface area (Å²) in [5, 5.41) is 17.9. The van der Waals surface area contributed by atoms with Gasteiger partial charge in [-0.2, -0.15) is 10.5 Å². The van der Waals surface area contributed by atoms with Crippen LogP contribution in [0, 0.1) is 34.5 Å². The maximum Gasteiger partial charge on any atom is 0.119 e. The van der Waals surface area contributed by atoms with Crippen LogP contribution in [0.15, 0.2) is 24.3 Å². The Balaban J connectivity index is 1.45. The maximum atomic E-state index is 9.12. The van der Waals surface area contributed by atoms with Gasteiger partial charge in [0, 0.05) is 32.7 Å². The van der Waals surface area contributed by atoms with Gasteiger partial charge in [0.15, 0.2) is 0 Å². The summed E-state index contributed by atoms with van der Waals surface area (Å²) < 4.78 is 5.80. The third-order valence-corrected chi connectivity index (χ3v) is 5.08. The van der Waals surface area contributed by atoms with Crippen molar-refractivity contribution in [2.45, 2.75) is 19.4 Å². The van der Waals surface area contributed by atoms with Crippen molar-refractivity contribution in [2.75, 3.05) is 39.3 Å².